The maximum atomic E-state index is 9.87. The normalized spacial score (nSPS) is 31.2. The van der Waals surface area contributed by atoms with Crippen molar-refractivity contribution in [2.24, 2.45) is 0 Å². The minimum Gasteiger partial charge on any atom is -0.392 e. The Kier molecular flexibility index (Phi) is 5.26. The average molecular weight is 240 g/mol. The van der Waals surface area contributed by atoms with Crippen molar-refractivity contribution in [1.82, 2.24) is 10.2 Å². The molecule has 2 fully saturated rings. The van der Waals surface area contributed by atoms with Gasteiger partial charge < -0.3 is 15.3 Å². The van der Waals surface area contributed by atoms with Crippen LogP contribution in [0.4, 0.5) is 0 Å². The summed E-state index contributed by atoms with van der Waals surface area (Å²) >= 11 is 0. The van der Waals surface area contributed by atoms with Crippen molar-refractivity contribution < 1.29 is 5.11 Å². The highest BCUT2D eigenvalue weighted by molar-refractivity contribution is 4.81. The SMILES string of the molecule is CN(CCNC1CCCCC1O)C1CCCC1. The largest absolute Gasteiger partial charge is 0.392 e. The zero-order valence-electron chi connectivity index (χ0n) is 11.2. The van der Waals surface area contributed by atoms with Gasteiger partial charge in [-0.2, -0.15) is 0 Å². The molecule has 2 N–H and O–H groups in total. The molecule has 3 heteroatoms. The van der Waals surface area contributed by atoms with Gasteiger partial charge in [0, 0.05) is 25.2 Å². The fourth-order valence-electron chi connectivity index (χ4n) is 3.30. The molecule has 0 aromatic heterocycles. The van der Waals surface area contributed by atoms with Crippen molar-refractivity contribution in [2.45, 2.75) is 69.6 Å². The monoisotopic (exact) mass is 240 g/mol. The van der Waals surface area contributed by atoms with E-state index < -0.39 is 0 Å². The van der Waals surface area contributed by atoms with Crippen molar-refractivity contribution >= 4 is 0 Å². The molecule has 2 aliphatic rings. The van der Waals surface area contributed by atoms with Gasteiger partial charge in [-0.15, -0.1) is 0 Å². The van der Waals surface area contributed by atoms with Crippen LogP contribution in [0.5, 0.6) is 0 Å². The Bertz CT molecular complexity index is 216. The second-order valence-electron chi connectivity index (χ2n) is 5.83. The minimum atomic E-state index is -0.111. The van der Waals surface area contributed by atoms with Gasteiger partial charge in [0.15, 0.2) is 0 Å². The average Bonchev–Trinajstić information content (AvgIpc) is 2.85. The van der Waals surface area contributed by atoms with Crippen LogP contribution < -0.4 is 5.32 Å². The van der Waals surface area contributed by atoms with Crippen molar-refractivity contribution in [2.75, 3.05) is 20.1 Å². The van der Waals surface area contributed by atoms with Crippen LogP contribution in [0.3, 0.4) is 0 Å². The highest BCUT2D eigenvalue weighted by atomic mass is 16.3. The predicted octanol–water partition coefficient (Wildman–Crippen LogP) is 1.75. The van der Waals surface area contributed by atoms with Gasteiger partial charge in [0.2, 0.25) is 0 Å². The Hall–Kier alpha value is -0.120. The Morgan fingerprint density at radius 1 is 1.06 bits per heavy atom. The molecule has 0 heterocycles. The van der Waals surface area contributed by atoms with Gasteiger partial charge in [-0.25, -0.2) is 0 Å². The summed E-state index contributed by atoms with van der Waals surface area (Å²) in [7, 11) is 2.25. The molecule has 0 amide bonds. The van der Waals surface area contributed by atoms with Gasteiger partial charge in [0.25, 0.3) is 0 Å². The van der Waals surface area contributed by atoms with Gasteiger partial charge in [0.05, 0.1) is 6.10 Å². The lowest BCUT2D eigenvalue weighted by Gasteiger charge is -2.30. The standard InChI is InChI=1S/C14H28N2O/c1-16(12-6-2-3-7-12)11-10-15-13-8-4-5-9-14(13)17/h12-15,17H,2-11H2,1H3. The zero-order chi connectivity index (χ0) is 12.1. The van der Waals surface area contributed by atoms with Gasteiger partial charge in [0.1, 0.15) is 0 Å². The first kappa shape index (κ1) is 13.3. The van der Waals surface area contributed by atoms with Crippen LogP contribution in [0.25, 0.3) is 0 Å². The van der Waals surface area contributed by atoms with Crippen LogP contribution >= 0.6 is 0 Å². The van der Waals surface area contributed by atoms with E-state index in [1.165, 1.54) is 38.5 Å². The fourth-order valence-corrected chi connectivity index (χ4v) is 3.30. The van der Waals surface area contributed by atoms with Crippen LogP contribution in [0.15, 0.2) is 0 Å². The number of nitrogens with zero attached hydrogens (tertiary/aromatic N) is 1. The summed E-state index contributed by atoms with van der Waals surface area (Å²) in [5, 5.41) is 13.4. The molecule has 0 aliphatic heterocycles. The Balaban J connectivity index is 1.61. The second-order valence-corrected chi connectivity index (χ2v) is 5.83. The highest BCUT2D eigenvalue weighted by Gasteiger charge is 2.23. The number of rotatable bonds is 5. The summed E-state index contributed by atoms with van der Waals surface area (Å²) < 4.78 is 0. The third-order valence-corrected chi connectivity index (χ3v) is 4.55. The minimum absolute atomic E-state index is 0.111. The van der Waals surface area contributed by atoms with E-state index in [2.05, 4.69) is 17.3 Å². The van der Waals surface area contributed by atoms with Gasteiger partial charge >= 0.3 is 0 Å². The van der Waals surface area contributed by atoms with E-state index in [4.69, 9.17) is 0 Å². The summed E-state index contributed by atoms with van der Waals surface area (Å²) in [5.41, 5.74) is 0. The molecular weight excluding hydrogens is 212 g/mol. The maximum Gasteiger partial charge on any atom is 0.0693 e. The lowest BCUT2D eigenvalue weighted by Crippen LogP contribution is -2.45. The van der Waals surface area contributed by atoms with Crippen molar-refractivity contribution in [3.8, 4) is 0 Å². The lowest BCUT2D eigenvalue weighted by atomic mass is 9.92. The molecule has 0 saturated heterocycles. The Morgan fingerprint density at radius 2 is 1.71 bits per heavy atom. The van der Waals surface area contributed by atoms with Crippen LogP contribution in [0.2, 0.25) is 0 Å². The fraction of sp³-hybridized carbons (Fsp3) is 1.00. The van der Waals surface area contributed by atoms with Gasteiger partial charge in [-0.3, -0.25) is 0 Å². The molecule has 2 atom stereocenters. The molecule has 0 radical (unpaired) electrons. The van der Waals surface area contributed by atoms with Crippen molar-refractivity contribution in [3.05, 3.63) is 0 Å². The molecule has 0 aromatic rings. The summed E-state index contributed by atoms with van der Waals surface area (Å²) in [6, 6.07) is 1.16. The highest BCUT2D eigenvalue weighted by Crippen LogP contribution is 2.22. The number of likely N-dealkylation sites (N-methyl/N-ethyl adjacent to an activating group) is 1. The number of aliphatic hydroxyl groups is 1. The maximum absolute atomic E-state index is 9.87. The molecule has 17 heavy (non-hydrogen) atoms. The zero-order valence-corrected chi connectivity index (χ0v) is 11.2. The Labute approximate surface area is 106 Å². The molecule has 0 bridgehead atoms. The first-order valence-electron chi connectivity index (χ1n) is 7.39. The van der Waals surface area contributed by atoms with E-state index in [9.17, 15) is 5.11 Å². The summed E-state index contributed by atoms with van der Waals surface area (Å²) in [4.78, 5) is 2.50. The van der Waals surface area contributed by atoms with E-state index in [0.717, 1.165) is 32.0 Å². The van der Waals surface area contributed by atoms with E-state index in [0.29, 0.717) is 6.04 Å². The summed E-state index contributed by atoms with van der Waals surface area (Å²) in [6.07, 6.45) is 10.1. The molecule has 100 valence electrons. The topological polar surface area (TPSA) is 35.5 Å². The third-order valence-electron chi connectivity index (χ3n) is 4.55. The van der Waals surface area contributed by atoms with Crippen LogP contribution in [-0.2, 0) is 0 Å². The van der Waals surface area contributed by atoms with Crippen LogP contribution in [0, 0.1) is 0 Å². The van der Waals surface area contributed by atoms with Crippen LogP contribution in [0.1, 0.15) is 51.4 Å². The lowest BCUT2D eigenvalue weighted by molar-refractivity contribution is 0.0889. The van der Waals surface area contributed by atoms with Gasteiger partial charge in [-0.05, 0) is 32.7 Å². The predicted molar refractivity (Wildman–Crippen MR) is 71.2 cm³/mol. The number of nitrogens with one attached hydrogen (secondary N) is 1. The molecule has 2 saturated carbocycles. The smallest absolute Gasteiger partial charge is 0.0693 e. The van der Waals surface area contributed by atoms with Crippen molar-refractivity contribution in [3.63, 3.8) is 0 Å². The number of hydrogen-bond donors (Lipinski definition) is 2. The molecule has 2 rings (SSSR count). The van der Waals surface area contributed by atoms with Gasteiger partial charge in [-0.1, -0.05) is 25.7 Å². The molecule has 3 nitrogen and oxygen atoms in total. The first-order chi connectivity index (χ1) is 8.27. The number of aliphatic hydroxyl groups excluding tert-OH is 1. The molecule has 2 aliphatic carbocycles. The first-order valence-corrected chi connectivity index (χ1v) is 7.39. The molecule has 0 aromatic carbocycles. The molecular formula is C14H28N2O. The quantitative estimate of drug-likeness (QED) is 0.768. The Morgan fingerprint density at radius 3 is 2.41 bits per heavy atom. The molecule has 0 spiro atoms. The van der Waals surface area contributed by atoms with E-state index in [-0.39, 0.29) is 6.10 Å². The van der Waals surface area contributed by atoms with Crippen LogP contribution in [-0.4, -0.2) is 48.3 Å². The van der Waals surface area contributed by atoms with E-state index in [1.54, 1.807) is 0 Å². The van der Waals surface area contributed by atoms with Crippen molar-refractivity contribution in [1.29, 1.82) is 0 Å². The van der Waals surface area contributed by atoms with E-state index >= 15 is 0 Å². The van der Waals surface area contributed by atoms with E-state index in [1.807, 2.05) is 0 Å². The molecule has 2 unspecified atom stereocenters. The summed E-state index contributed by atoms with van der Waals surface area (Å²) in [6.45, 7) is 2.14. The summed E-state index contributed by atoms with van der Waals surface area (Å²) in [5.74, 6) is 0. The third kappa shape index (κ3) is 3.94. The number of hydrogen-bond acceptors (Lipinski definition) is 3. The second kappa shape index (κ2) is 6.72.